The first-order valence-corrected chi connectivity index (χ1v) is 6.10. The normalized spacial score (nSPS) is 10.5. The van der Waals surface area contributed by atoms with Gasteiger partial charge in [-0.1, -0.05) is 18.2 Å². The molecule has 0 aliphatic carbocycles. The lowest BCUT2D eigenvalue weighted by atomic mass is 10.0. The number of carbonyl (C=O) groups excluding carboxylic acids is 1. The van der Waals surface area contributed by atoms with Crippen LogP contribution in [0, 0.1) is 0 Å². The van der Waals surface area contributed by atoms with E-state index in [2.05, 4.69) is 9.97 Å². The summed E-state index contributed by atoms with van der Waals surface area (Å²) in [6.07, 6.45) is 5.52. The summed E-state index contributed by atoms with van der Waals surface area (Å²) in [5.41, 5.74) is 2.52. The first-order valence-electron chi connectivity index (χ1n) is 6.10. The summed E-state index contributed by atoms with van der Waals surface area (Å²) >= 11 is 0. The summed E-state index contributed by atoms with van der Waals surface area (Å²) in [6.45, 7) is 0. The number of hydrogen-bond acceptors (Lipinski definition) is 3. The number of nitrogens with zero attached hydrogens (tertiary/aromatic N) is 2. The number of rotatable bonds is 3. The molecule has 3 heteroatoms. The lowest BCUT2D eigenvalue weighted by Gasteiger charge is -2.03. The maximum absolute atomic E-state index is 12.2. The smallest absolute Gasteiger partial charge is 0.167 e. The monoisotopic (exact) mass is 248 g/mol. The molecule has 0 radical (unpaired) electrons. The molecule has 0 amide bonds. The van der Waals surface area contributed by atoms with Crippen molar-refractivity contribution < 1.29 is 4.79 Å². The van der Waals surface area contributed by atoms with Gasteiger partial charge in [-0.25, -0.2) is 0 Å². The zero-order chi connectivity index (χ0) is 13.1. The Hall–Kier alpha value is -2.55. The van der Waals surface area contributed by atoms with Gasteiger partial charge >= 0.3 is 0 Å². The summed E-state index contributed by atoms with van der Waals surface area (Å²) in [5.74, 6) is 0.0961. The van der Waals surface area contributed by atoms with Crippen molar-refractivity contribution in [2.24, 2.45) is 0 Å². The zero-order valence-electron chi connectivity index (χ0n) is 10.3. The van der Waals surface area contributed by atoms with Crippen LogP contribution >= 0.6 is 0 Å². The molecule has 2 aromatic heterocycles. The second kappa shape index (κ2) is 4.98. The highest BCUT2D eigenvalue weighted by atomic mass is 16.1. The topological polar surface area (TPSA) is 42.9 Å². The van der Waals surface area contributed by atoms with Crippen LogP contribution in [-0.2, 0) is 6.42 Å². The Morgan fingerprint density at radius 2 is 1.84 bits per heavy atom. The van der Waals surface area contributed by atoms with E-state index in [-0.39, 0.29) is 5.78 Å². The Morgan fingerprint density at radius 1 is 1.00 bits per heavy atom. The number of ketones is 1. The van der Waals surface area contributed by atoms with Gasteiger partial charge in [-0.2, -0.15) is 0 Å². The highest BCUT2D eigenvalue weighted by Crippen LogP contribution is 2.15. The number of pyridine rings is 2. The van der Waals surface area contributed by atoms with Crippen LogP contribution in [0.15, 0.2) is 61.1 Å². The van der Waals surface area contributed by atoms with E-state index in [1.165, 1.54) is 0 Å². The van der Waals surface area contributed by atoms with Crippen molar-refractivity contribution in [2.75, 3.05) is 0 Å². The summed E-state index contributed by atoms with van der Waals surface area (Å²) < 4.78 is 0. The van der Waals surface area contributed by atoms with Crippen LogP contribution in [0.5, 0.6) is 0 Å². The molecule has 3 aromatic rings. The van der Waals surface area contributed by atoms with E-state index >= 15 is 0 Å². The molecule has 92 valence electrons. The third kappa shape index (κ3) is 2.50. The molecule has 0 N–H and O–H groups in total. The van der Waals surface area contributed by atoms with Gasteiger partial charge in [-0.05, 0) is 29.8 Å². The molecule has 3 nitrogen and oxygen atoms in total. The average molecular weight is 248 g/mol. The molecule has 2 heterocycles. The van der Waals surface area contributed by atoms with Crippen molar-refractivity contribution in [3.63, 3.8) is 0 Å². The van der Waals surface area contributed by atoms with Crippen molar-refractivity contribution in [2.45, 2.75) is 6.42 Å². The van der Waals surface area contributed by atoms with E-state index in [0.717, 1.165) is 16.5 Å². The molecule has 0 saturated heterocycles. The Kier molecular flexibility index (Phi) is 3.02. The van der Waals surface area contributed by atoms with E-state index in [1.807, 2.05) is 42.5 Å². The Bertz CT molecular complexity index is 723. The van der Waals surface area contributed by atoms with Crippen molar-refractivity contribution in [3.05, 3.63) is 72.2 Å². The van der Waals surface area contributed by atoms with Crippen molar-refractivity contribution in [3.8, 4) is 0 Å². The number of benzene rings is 1. The number of Topliss-reactive ketones (excluding diaryl/α,β-unsaturated/α-hetero) is 1. The van der Waals surface area contributed by atoms with E-state index in [1.54, 1.807) is 18.6 Å². The molecule has 19 heavy (non-hydrogen) atoms. The Morgan fingerprint density at radius 3 is 2.68 bits per heavy atom. The second-order valence-corrected chi connectivity index (χ2v) is 4.37. The molecule has 0 aliphatic rings. The van der Waals surface area contributed by atoms with Crippen LogP contribution in [0.4, 0.5) is 0 Å². The molecule has 0 fully saturated rings. The molecule has 0 aliphatic heterocycles. The molecular weight excluding hydrogens is 236 g/mol. The summed E-state index contributed by atoms with van der Waals surface area (Å²) in [5, 5.41) is 1.04. The average Bonchev–Trinajstić information content (AvgIpc) is 2.48. The number of aromatic nitrogens is 2. The summed E-state index contributed by atoms with van der Waals surface area (Å²) in [4.78, 5) is 20.4. The minimum atomic E-state index is 0.0961. The fourth-order valence-corrected chi connectivity index (χ4v) is 2.03. The van der Waals surface area contributed by atoms with Gasteiger partial charge in [0.25, 0.3) is 0 Å². The highest BCUT2D eigenvalue weighted by molar-refractivity contribution is 6.00. The van der Waals surface area contributed by atoms with E-state index in [0.29, 0.717) is 12.0 Å². The quantitative estimate of drug-likeness (QED) is 0.669. The van der Waals surface area contributed by atoms with Crippen LogP contribution in [0.1, 0.15) is 15.9 Å². The van der Waals surface area contributed by atoms with Gasteiger partial charge in [-0.15, -0.1) is 0 Å². The van der Waals surface area contributed by atoms with Gasteiger partial charge in [-0.3, -0.25) is 14.8 Å². The largest absolute Gasteiger partial charge is 0.294 e. The van der Waals surface area contributed by atoms with Crippen LogP contribution in [0.3, 0.4) is 0 Å². The van der Waals surface area contributed by atoms with E-state index < -0.39 is 0 Å². The van der Waals surface area contributed by atoms with Crippen LogP contribution in [0.25, 0.3) is 10.9 Å². The first kappa shape index (κ1) is 11.5. The molecule has 0 spiro atoms. The molecule has 0 saturated carbocycles. The molecule has 1 aromatic carbocycles. The van der Waals surface area contributed by atoms with Crippen LogP contribution in [0.2, 0.25) is 0 Å². The minimum absolute atomic E-state index is 0.0961. The van der Waals surface area contributed by atoms with Gasteiger partial charge in [0, 0.05) is 36.0 Å². The molecular formula is C16H12N2O. The molecule has 3 rings (SSSR count). The van der Waals surface area contributed by atoms with E-state index in [4.69, 9.17) is 0 Å². The fourth-order valence-electron chi connectivity index (χ4n) is 2.03. The number of carbonyl (C=O) groups is 1. The first-order chi connectivity index (χ1) is 9.33. The zero-order valence-corrected chi connectivity index (χ0v) is 10.3. The molecule has 0 atom stereocenters. The standard InChI is InChI=1S/C16H12N2O/c19-16(10-12-5-8-17-9-6-12)14-4-3-13-2-1-7-18-15(13)11-14/h1-9,11H,10H2. The van der Waals surface area contributed by atoms with Gasteiger partial charge in [0.2, 0.25) is 0 Å². The summed E-state index contributed by atoms with van der Waals surface area (Å²) in [7, 11) is 0. The molecule has 0 unspecified atom stereocenters. The SMILES string of the molecule is O=C(Cc1ccncc1)c1ccc2cccnc2c1. The molecule has 0 bridgehead atoms. The van der Waals surface area contributed by atoms with Crippen LogP contribution < -0.4 is 0 Å². The van der Waals surface area contributed by atoms with Gasteiger partial charge in [0.1, 0.15) is 0 Å². The highest BCUT2D eigenvalue weighted by Gasteiger charge is 2.08. The van der Waals surface area contributed by atoms with Crippen molar-refractivity contribution in [1.29, 1.82) is 0 Å². The van der Waals surface area contributed by atoms with E-state index in [9.17, 15) is 4.79 Å². The number of hydrogen-bond donors (Lipinski definition) is 0. The third-order valence-corrected chi connectivity index (χ3v) is 3.04. The van der Waals surface area contributed by atoms with Crippen molar-refractivity contribution in [1.82, 2.24) is 9.97 Å². The van der Waals surface area contributed by atoms with Gasteiger partial charge in [0.15, 0.2) is 5.78 Å². The minimum Gasteiger partial charge on any atom is -0.294 e. The maximum atomic E-state index is 12.2. The predicted octanol–water partition coefficient (Wildman–Crippen LogP) is 3.06. The fraction of sp³-hybridized carbons (Fsp3) is 0.0625. The summed E-state index contributed by atoms with van der Waals surface area (Å²) in [6, 6.07) is 13.2. The third-order valence-electron chi connectivity index (χ3n) is 3.04. The van der Waals surface area contributed by atoms with Gasteiger partial charge < -0.3 is 0 Å². The number of fused-ring (bicyclic) bond motifs is 1. The lowest BCUT2D eigenvalue weighted by molar-refractivity contribution is 0.0993. The maximum Gasteiger partial charge on any atom is 0.167 e. The van der Waals surface area contributed by atoms with Crippen molar-refractivity contribution >= 4 is 16.7 Å². The lowest BCUT2D eigenvalue weighted by Crippen LogP contribution is -2.03. The Labute approximate surface area is 111 Å². The Balaban J connectivity index is 1.89. The van der Waals surface area contributed by atoms with Gasteiger partial charge in [0.05, 0.1) is 5.52 Å². The van der Waals surface area contributed by atoms with Crippen LogP contribution in [-0.4, -0.2) is 15.8 Å². The second-order valence-electron chi connectivity index (χ2n) is 4.37. The predicted molar refractivity (Wildman–Crippen MR) is 74.0 cm³/mol.